The van der Waals surface area contributed by atoms with Gasteiger partial charge in [-0.2, -0.15) is 0 Å². The molecule has 0 aliphatic rings. The van der Waals surface area contributed by atoms with Gasteiger partial charge in [0, 0.05) is 5.60 Å². The first-order valence-corrected chi connectivity index (χ1v) is 5.53. The molecule has 3 heteroatoms. The zero-order chi connectivity index (χ0) is 12.1. The summed E-state index contributed by atoms with van der Waals surface area (Å²) in [6, 6.07) is 18.5. The van der Waals surface area contributed by atoms with Crippen molar-refractivity contribution in [2.75, 3.05) is 0 Å². The molecule has 2 aromatic rings. The van der Waals surface area contributed by atoms with Crippen LogP contribution in [0.4, 0.5) is 0 Å². The fourth-order valence-electron chi connectivity index (χ4n) is 1.83. The molecular formula is C16H13ClMgO. The molecule has 2 aromatic carbocycles. The van der Waals surface area contributed by atoms with Crippen LogP contribution in [0.25, 0.3) is 0 Å². The van der Waals surface area contributed by atoms with Gasteiger partial charge in [0.25, 0.3) is 0 Å². The summed E-state index contributed by atoms with van der Waals surface area (Å²) in [7, 11) is 0. The minimum absolute atomic E-state index is 0. The van der Waals surface area contributed by atoms with E-state index in [9.17, 15) is 5.11 Å². The first kappa shape index (κ1) is 18.0. The van der Waals surface area contributed by atoms with Crippen LogP contribution in [-0.4, -0.2) is 23.1 Å². The van der Waals surface area contributed by atoms with Crippen LogP contribution in [0, 0.1) is 11.8 Å². The fraction of sp³-hybridized carbons (Fsp3) is 0.125. The van der Waals surface area contributed by atoms with Crippen LogP contribution in [0.3, 0.4) is 0 Å². The zero-order valence-corrected chi connectivity index (χ0v) is 12.9. The summed E-state index contributed by atoms with van der Waals surface area (Å²) in [4.78, 5) is 0. The maximum Gasteiger partial charge on any atom is 2.00 e. The topological polar surface area (TPSA) is 23.1 Å². The summed E-state index contributed by atoms with van der Waals surface area (Å²) >= 11 is 0. The predicted octanol–water partition coefficient (Wildman–Crippen LogP) is -1.06. The van der Waals surface area contributed by atoms with Crippen molar-refractivity contribution in [3.8, 4) is 11.8 Å². The zero-order valence-electron chi connectivity index (χ0n) is 10.8. The van der Waals surface area contributed by atoms with E-state index in [-0.39, 0.29) is 35.5 Å². The van der Waals surface area contributed by atoms with Crippen LogP contribution < -0.4 is 17.5 Å². The van der Waals surface area contributed by atoms with Crippen molar-refractivity contribution in [2.24, 2.45) is 0 Å². The molecule has 0 spiro atoms. The van der Waals surface area contributed by atoms with Gasteiger partial charge in [-0.05, 0) is 18.1 Å². The van der Waals surface area contributed by atoms with Crippen molar-refractivity contribution in [1.29, 1.82) is 0 Å². The Morgan fingerprint density at radius 2 is 1.21 bits per heavy atom. The van der Waals surface area contributed by atoms with Gasteiger partial charge in [0.05, 0.1) is 0 Å². The van der Waals surface area contributed by atoms with Crippen molar-refractivity contribution in [3.63, 3.8) is 0 Å². The third kappa shape index (κ3) is 3.99. The van der Waals surface area contributed by atoms with E-state index in [4.69, 9.17) is 0 Å². The normalized spacial score (nSPS) is 9.37. The molecule has 0 radical (unpaired) electrons. The van der Waals surface area contributed by atoms with Crippen LogP contribution in [0.1, 0.15) is 18.1 Å². The molecule has 19 heavy (non-hydrogen) atoms. The molecule has 0 aromatic heterocycles. The van der Waals surface area contributed by atoms with E-state index < -0.39 is 5.60 Å². The summed E-state index contributed by atoms with van der Waals surface area (Å²) < 4.78 is 0. The standard InChI is InChI=1S/C16H13O.ClH.Mg/c1-2-13-16(17,14-9-5-3-6-10-14)15-11-7-4-8-12-15;;/h3-12H,1H3;1H;/q-1;;+2/p-1. The average molecular weight is 281 g/mol. The van der Waals surface area contributed by atoms with Gasteiger partial charge in [-0.1, -0.05) is 60.7 Å². The summed E-state index contributed by atoms with van der Waals surface area (Å²) in [6.45, 7) is 1.69. The number of hydrogen-bond acceptors (Lipinski definition) is 1. The molecule has 0 fully saturated rings. The number of rotatable bonds is 2. The van der Waals surface area contributed by atoms with Gasteiger partial charge < -0.3 is 17.5 Å². The van der Waals surface area contributed by atoms with Gasteiger partial charge in [-0.3, -0.25) is 0 Å². The van der Waals surface area contributed by atoms with Gasteiger partial charge in [0.2, 0.25) is 0 Å². The van der Waals surface area contributed by atoms with Crippen LogP contribution in [0.2, 0.25) is 0 Å². The van der Waals surface area contributed by atoms with Crippen molar-refractivity contribution in [1.82, 2.24) is 0 Å². The van der Waals surface area contributed by atoms with E-state index in [1.54, 1.807) is 6.92 Å². The van der Waals surface area contributed by atoms with E-state index in [1.165, 1.54) is 0 Å². The molecule has 0 bridgehead atoms. The number of halogens is 1. The first-order chi connectivity index (χ1) is 8.27. The fourth-order valence-corrected chi connectivity index (χ4v) is 1.83. The van der Waals surface area contributed by atoms with Gasteiger partial charge in [0.1, 0.15) is 0 Å². The summed E-state index contributed by atoms with van der Waals surface area (Å²) in [5.41, 5.74) is -0.113. The van der Waals surface area contributed by atoms with Crippen LogP contribution in [0.5, 0.6) is 0 Å². The summed E-state index contributed by atoms with van der Waals surface area (Å²) in [6.07, 6.45) is 0. The van der Waals surface area contributed by atoms with E-state index in [1.807, 2.05) is 60.7 Å². The molecule has 0 aliphatic carbocycles. The van der Waals surface area contributed by atoms with Gasteiger partial charge >= 0.3 is 23.1 Å². The van der Waals surface area contributed by atoms with Crippen LogP contribution in [-0.2, 0) is 5.60 Å². The molecule has 92 valence electrons. The van der Waals surface area contributed by atoms with E-state index in [0.717, 1.165) is 0 Å². The second kappa shape index (κ2) is 8.24. The third-order valence-corrected chi connectivity index (χ3v) is 2.66. The van der Waals surface area contributed by atoms with Crippen molar-refractivity contribution >= 4 is 23.1 Å². The molecule has 0 unspecified atom stereocenters. The second-order valence-corrected chi connectivity index (χ2v) is 3.79. The number of benzene rings is 2. The quantitative estimate of drug-likeness (QED) is 0.508. The summed E-state index contributed by atoms with van der Waals surface area (Å²) in [5, 5.41) is 12.9. The number of hydrogen-bond donors (Lipinski definition) is 0. The maximum atomic E-state index is 12.9. The van der Waals surface area contributed by atoms with Gasteiger partial charge in [-0.15, -0.1) is 11.8 Å². The molecule has 2 rings (SSSR count). The SMILES string of the molecule is CC#CC([O-])(c1ccccc1)c1ccccc1.[Cl-].[Mg+2]. The first-order valence-electron chi connectivity index (χ1n) is 5.53. The molecule has 0 atom stereocenters. The Balaban J connectivity index is 0.00000162. The second-order valence-electron chi connectivity index (χ2n) is 3.79. The van der Waals surface area contributed by atoms with Crippen molar-refractivity contribution in [3.05, 3.63) is 71.8 Å². The molecule has 0 saturated heterocycles. The minimum Gasteiger partial charge on any atom is -1.00 e. The van der Waals surface area contributed by atoms with Crippen molar-refractivity contribution in [2.45, 2.75) is 12.5 Å². The van der Waals surface area contributed by atoms with Crippen LogP contribution in [0.15, 0.2) is 60.7 Å². The van der Waals surface area contributed by atoms with Crippen molar-refractivity contribution < 1.29 is 17.5 Å². The average Bonchev–Trinajstić information content (AvgIpc) is 2.41. The summed E-state index contributed by atoms with van der Waals surface area (Å²) in [5.74, 6) is 5.53. The Bertz CT molecular complexity index is 504. The minimum atomic E-state index is -1.47. The predicted molar refractivity (Wildman–Crippen MR) is 72.9 cm³/mol. The Morgan fingerprint density at radius 3 is 1.53 bits per heavy atom. The largest absolute Gasteiger partial charge is 2.00 e. The smallest absolute Gasteiger partial charge is 1.00 e. The molecule has 0 saturated carbocycles. The van der Waals surface area contributed by atoms with Gasteiger partial charge in [0.15, 0.2) is 0 Å². The van der Waals surface area contributed by atoms with E-state index >= 15 is 0 Å². The molecule has 0 aliphatic heterocycles. The van der Waals surface area contributed by atoms with Gasteiger partial charge in [-0.25, -0.2) is 0 Å². The third-order valence-electron chi connectivity index (χ3n) is 2.66. The Morgan fingerprint density at radius 1 is 0.842 bits per heavy atom. The molecule has 0 heterocycles. The Hall–Kier alpha value is -0.984. The Kier molecular flexibility index (Phi) is 7.81. The van der Waals surface area contributed by atoms with Crippen LogP contribution >= 0.6 is 0 Å². The van der Waals surface area contributed by atoms with E-state index in [0.29, 0.717) is 11.1 Å². The Labute approximate surface area is 136 Å². The maximum absolute atomic E-state index is 12.9. The monoisotopic (exact) mass is 280 g/mol. The molecule has 1 nitrogen and oxygen atoms in total. The molecule has 0 N–H and O–H groups in total. The molecule has 0 amide bonds. The van der Waals surface area contributed by atoms with E-state index in [2.05, 4.69) is 11.8 Å². The molecular weight excluding hydrogens is 268 g/mol.